The Labute approximate surface area is 89.9 Å². The molecule has 1 fully saturated rings. The van der Waals surface area contributed by atoms with Crippen LogP contribution in [0.5, 0.6) is 0 Å². The molecule has 1 aliphatic carbocycles. The van der Waals surface area contributed by atoms with Crippen molar-refractivity contribution in [3.8, 4) is 0 Å². The minimum absolute atomic E-state index is 0.138. The smallest absolute Gasteiger partial charge is 0.222 e. The topological polar surface area (TPSA) is 58.0 Å². The molecular weight excluding hydrogens is 281 g/mol. The van der Waals surface area contributed by atoms with Gasteiger partial charge in [0.05, 0.1) is 6.10 Å². The molecule has 70 valence electrons. The Kier molecular flexibility index (Phi) is 2.63. The Hall–Kier alpha value is -0.430. The number of nitrogens with zero attached hydrogens (tertiary/aromatic N) is 2. The second kappa shape index (κ2) is 3.75. The quantitative estimate of drug-likeness (QED) is 0.799. The normalized spacial score (nSPS) is 26.6. The number of anilines is 1. The molecule has 1 aliphatic rings. The van der Waals surface area contributed by atoms with Gasteiger partial charge in [0.1, 0.15) is 0 Å². The van der Waals surface area contributed by atoms with Gasteiger partial charge in [-0.1, -0.05) is 0 Å². The van der Waals surface area contributed by atoms with Crippen molar-refractivity contribution >= 4 is 28.5 Å². The van der Waals surface area contributed by atoms with Crippen molar-refractivity contribution in [3.05, 3.63) is 16.0 Å². The number of aromatic nitrogens is 2. The largest absolute Gasteiger partial charge is 0.393 e. The second-order valence-electron chi connectivity index (χ2n) is 3.19. The standard InChI is InChI=1S/C8H10IN3O/c9-5-3-10-8(11-4-5)12-6-1-7(13)2-6/h3-4,6-7,13H,1-2H2,(H,10,11,12). The molecule has 0 saturated heterocycles. The molecule has 0 aromatic carbocycles. The number of halogens is 1. The van der Waals surface area contributed by atoms with Crippen molar-refractivity contribution in [3.63, 3.8) is 0 Å². The van der Waals surface area contributed by atoms with Crippen molar-refractivity contribution in [1.29, 1.82) is 0 Å². The molecule has 1 aromatic rings. The molecule has 0 radical (unpaired) electrons. The Morgan fingerprint density at radius 1 is 1.38 bits per heavy atom. The van der Waals surface area contributed by atoms with Gasteiger partial charge in [0.15, 0.2) is 0 Å². The maximum Gasteiger partial charge on any atom is 0.222 e. The predicted molar refractivity (Wildman–Crippen MR) is 57.4 cm³/mol. The van der Waals surface area contributed by atoms with E-state index in [1.165, 1.54) is 0 Å². The van der Waals surface area contributed by atoms with Crippen LogP contribution >= 0.6 is 22.6 Å². The molecule has 4 nitrogen and oxygen atoms in total. The molecule has 0 amide bonds. The number of aliphatic hydroxyl groups excluding tert-OH is 1. The van der Waals surface area contributed by atoms with Crippen LogP contribution in [0.25, 0.3) is 0 Å². The average molecular weight is 291 g/mol. The highest BCUT2D eigenvalue weighted by molar-refractivity contribution is 14.1. The van der Waals surface area contributed by atoms with E-state index >= 15 is 0 Å². The minimum atomic E-state index is -0.138. The molecule has 5 heteroatoms. The Bertz CT molecular complexity index is 284. The molecule has 1 aromatic heterocycles. The summed E-state index contributed by atoms with van der Waals surface area (Å²) in [5.41, 5.74) is 0. The SMILES string of the molecule is OC1CC(Nc2ncc(I)cn2)C1. The molecule has 0 unspecified atom stereocenters. The molecule has 0 atom stereocenters. The van der Waals surface area contributed by atoms with Gasteiger partial charge in [-0.05, 0) is 35.4 Å². The number of hydrogen-bond donors (Lipinski definition) is 2. The van der Waals surface area contributed by atoms with E-state index in [-0.39, 0.29) is 6.10 Å². The highest BCUT2D eigenvalue weighted by Gasteiger charge is 2.27. The lowest BCUT2D eigenvalue weighted by atomic mass is 9.90. The third kappa shape index (κ3) is 2.28. The van der Waals surface area contributed by atoms with Gasteiger partial charge in [-0.2, -0.15) is 0 Å². The van der Waals surface area contributed by atoms with Crippen LogP contribution in [0.1, 0.15) is 12.8 Å². The zero-order valence-corrected chi connectivity index (χ0v) is 9.10. The lowest BCUT2D eigenvalue weighted by molar-refractivity contribution is 0.0834. The lowest BCUT2D eigenvalue weighted by Crippen LogP contribution is -2.39. The van der Waals surface area contributed by atoms with Crippen LogP contribution in [0.15, 0.2) is 12.4 Å². The van der Waals surface area contributed by atoms with E-state index in [4.69, 9.17) is 5.11 Å². The van der Waals surface area contributed by atoms with E-state index in [2.05, 4.69) is 37.9 Å². The van der Waals surface area contributed by atoms with Gasteiger partial charge in [0, 0.05) is 22.0 Å². The van der Waals surface area contributed by atoms with Gasteiger partial charge in [0.25, 0.3) is 0 Å². The van der Waals surface area contributed by atoms with Gasteiger partial charge < -0.3 is 10.4 Å². The molecule has 0 bridgehead atoms. The van der Waals surface area contributed by atoms with Crippen molar-refractivity contribution in [1.82, 2.24) is 9.97 Å². The van der Waals surface area contributed by atoms with E-state index in [0.717, 1.165) is 16.4 Å². The fourth-order valence-electron chi connectivity index (χ4n) is 1.28. The van der Waals surface area contributed by atoms with Crippen LogP contribution in [-0.2, 0) is 0 Å². The highest BCUT2D eigenvalue weighted by atomic mass is 127. The first kappa shape index (κ1) is 9.14. The van der Waals surface area contributed by atoms with E-state index in [0.29, 0.717) is 12.0 Å². The fourth-order valence-corrected chi connectivity index (χ4v) is 1.55. The summed E-state index contributed by atoms with van der Waals surface area (Å²) in [6, 6.07) is 0.343. The van der Waals surface area contributed by atoms with Crippen LogP contribution in [0.3, 0.4) is 0 Å². The first-order valence-electron chi connectivity index (χ1n) is 4.16. The summed E-state index contributed by atoms with van der Waals surface area (Å²) in [7, 11) is 0. The van der Waals surface area contributed by atoms with E-state index in [1.54, 1.807) is 12.4 Å². The fraction of sp³-hybridized carbons (Fsp3) is 0.500. The summed E-state index contributed by atoms with van der Waals surface area (Å²) in [6.07, 6.45) is 5.00. The van der Waals surface area contributed by atoms with E-state index in [9.17, 15) is 0 Å². The van der Waals surface area contributed by atoms with Crippen LogP contribution in [0.2, 0.25) is 0 Å². The van der Waals surface area contributed by atoms with Gasteiger partial charge in [-0.15, -0.1) is 0 Å². The van der Waals surface area contributed by atoms with E-state index < -0.39 is 0 Å². The highest BCUT2D eigenvalue weighted by Crippen LogP contribution is 2.22. The lowest BCUT2D eigenvalue weighted by Gasteiger charge is -2.31. The summed E-state index contributed by atoms with van der Waals surface area (Å²) < 4.78 is 1.02. The third-order valence-electron chi connectivity index (χ3n) is 2.07. The Balaban J connectivity index is 1.91. The molecule has 1 saturated carbocycles. The van der Waals surface area contributed by atoms with Gasteiger partial charge in [0.2, 0.25) is 5.95 Å². The third-order valence-corrected chi connectivity index (χ3v) is 2.62. The summed E-state index contributed by atoms with van der Waals surface area (Å²) in [6.45, 7) is 0. The van der Waals surface area contributed by atoms with Gasteiger partial charge in [-0.3, -0.25) is 0 Å². The van der Waals surface area contributed by atoms with E-state index in [1.807, 2.05) is 0 Å². The van der Waals surface area contributed by atoms with Gasteiger partial charge >= 0.3 is 0 Å². The monoisotopic (exact) mass is 291 g/mol. The molecule has 13 heavy (non-hydrogen) atoms. The summed E-state index contributed by atoms with van der Waals surface area (Å²) in [5.74, 6) is 0.650. The zero-order valence-electron chi connectivity index (χ0n) is 6.94. The van der Waals surface area contributed by atoms with Crippen LogP contribution in [0, 0.1) is 3.57 Å². The molecule has 2 rings (SSSR count). The zero-order chi connectivity index (χ0) is 9.26. The summed E-state index contributed by atoms with van der Waals surface area (Å²) >= 11 is 2.16. The number of nitrogens with one attached hydrogen (secondary N) is 1. The molecule has 0 spiro atoms. The average Bonchev–Trinajstić information content (AvgIpc) is 2.06. The van der Waals surface area contributed by atoms with Crippen molar-refractivity contribution in [2.24, 2.45) is 0 Å². The predicted octanol–water partition coefficient (Wildman–Crippen LogP) is 1.02. The van der Waals surface area contributed by atoms with Crippen molar-refractivity contribution in [2.45, 2.75) is 25.0 Å². The number of aliphatic hydroxyl groups is 1. The molecular formula is C8H10IN3O. The van der Waals surface area contributed by atoms with Gasteiger partial charge in [-0.25, -0.2) is 9.97 Å². The van der Waals surface area contributed by atoms with Crippen molar-refractivity contribution in [2.75, 3.05) is 5.32 Å². The second-order valence-corrected chi connectivity index (χ2v) is 4.44. The van der Waals surface area contributed by atoms with Crippen LogP contribution in [-0.4, -0.2) is 27.2 Å². The first-order valence-corrected chi connectivity index (χ1v) is 5.24. The minimum Gasteiger partial charge on any atom is -0.393 e. The maximum atomic E-state index is 9.06. The molecule has 0 aliphatic heterocycles. The number of rotatable bonds is 2. The Morgan fingerprint density at radius 3 is 2.54 bits per heavy atom. The maximum absolute atomic E-state index is 9.06. The van der Waals surface area contributed by atoms with Crippen LogP contribution in [0.4, 0.5) is 5.95 Å². The van der Waals surface area contributed by atoms with Crippen molar-refractivity contribution < 1.29 is 5.11 Å². The van der Waals surface area contributed by atoms with Crippen LogP contribution < -0.4 is 5.32 Å². The number of hydrogen-bond acceptors (Lipinski definition) is 4. The first-order chi connectivity index (χ1) is 6.24. The summed E-state index contributed by atoms with van der Waals surface area (Å²) in [4.78, 5) is 8.23. The summed E-state index contributed by atoms with van der Waals surface area (Å²) in [5, 5.41) is 12.2. The molecule has 2 N–H and O–H groups in total. The Morgan fingerprint density at radius 2 is 2.00 bits per heavy atom. The molecule has 1 heterocycles.